The molecule has 0 saturated carbocycles. The zero-order valence-electron chi connectivity index (χ0n) is 7.20. The van der Waals surface area contributed by atoms with E-state index in [0.717, 1.165) is 0 Å². The van der Waals surface area contributed by atoms with E-state index in [1.807, 2.05) is 0 Å². The second-order valence-electron chi connectivity index (χ2n) is 2.43. The minimum atomic E-state index is 0. The summed E-state index contributed by atoms with van der Waals surface area (Å²) in [6.45, 7) is 3.49. The summed E-state index contributed by atoms with van der Waals surface area (Å²) in [4.78, 5) is 0. The number of hydrogen-bond acceptors (Lipinski definition) is 2. The molecule has 2 radical (unpaired) electrons. The summed E-state index contributed by atoms with van der Waals surface area (Å²) in [5, 5.41) is 18.2. The fourth-order valence-electron chi connectivity index (χ4n) is 0.786. The molecule has 0 aliphatic rings. The molecule has 0 atom stereocenters. The van der Waals surface area contributed by atoms with Crippen molar-refractivity contribution in [1.82, 2.24) is 0 Å². The first-order valence-corrected chi connectivity index (χ1v) is 3.10. The monoisotopic (exact) mass is 316 g/mol. The van der Waals surface area contributed by atoms with Gasteiger partial charge in [-0.05, 0) is 37.1 Å². The van der Waals surface area contributed by atoms with Crippen LogP contribution in [0.1, 0.15) is 11.1 Å². The first-order chi connectivity index (χ1) is 4.61. The van der Waals surface area contributed by atoms with E-state index in [2.05, 4.69) is 0 Å². The molecule has 0 fully saturated rings. The van der Waals surface area contributed by atoms with Gasteiger partial charge in [0.25, 0.3) is 0 Å². The summed E-state index contributed by atoms with van der Waals surface area (Å²) in [6, 6.07) is 3.09. The molecular formula is C8H10O2Y2. The Morgan fingerprint density at radius 3 is 1.33 bits per heavy atom. The van der Waals surface area contributed by atoms with Gasteiger partial charge in [0.05, 0.1) is 0 Å². The SMILES string of the molecule is Cc1cc(O)c(C)cc1O.[Y].[Y]. The fraction of sp³-hybridized carbons (Fsp3) is 0.250. The van der Waals surface area contributed by atoms with Crippen LogP contribution in [0.5, 0.6) is 11.5 Å². The summed E-state index contributed by atoms with van der Waals surface area (Å²) in [5.41, 5.74) is 1.39. The maximum absolute atomic E-state index is 9.11. The van der Waals surface area contributed by atoms with Gasteiger partial charge in [0.1, 0.15) is 11.5 Å². The smallest absolute Gasteiger partial charge is 0.119 e. The van der Waals surface area contributed by atoms with E-state index in [0.29, 0.717) is 11.1 Å². The second kappa shape index (κ2) is 6.48. The van der Waals surface area contributed by atoms with Crippen LogP contribution in [0.3, 0.4) is 0 Å². The molecule has 0 unspecified atom stereocenters. The largest absolute Gasteiger partial charge is 0.508 e. The van der Waals surface area contributed by atoms with Gasteiger partial charge in [-0.1, -0.05) is 0 Å². The molecule has 1 aromatic rings. The molecule has 0 heterocycles. The molecule has 1 aromatic carbocycles. The molecule has 1 rings (SSSR count). The van der Waals surface area contributed by atoms with Crippen molar-refractivity contribution in [3.8, 4) is 11.5 Å². The van der Waals surface area contributed by atoms with Crippen LogP contribution in [0.25, 0.3) is 0 Å². The molecule has 0 aromatic heterocycles. The Kier molecular flexibility index (Phi) is 8.36. The number of phenolic OH excluding ortho intramolecular Hbond substituents is 2. The van der Waals surface area contributed by atoms with Gasteiger partial charge in [0.2, 0.25) is 0 Å². The predicted molar refractivity (Wildman–Crippen MR) is 39.2 cm³/mol. The third kappa shape index (κ3) is 3.82. The molecule has 0 saturated heterocycles. The van der Waals surface area contributed by atoms with Crippen molar-refractivity contribution in [1.29, 1.82) is 0 Å². The van der Waals surface area contributed by atoms with E-state index >= 15 is 0 Å². The molecule has 2 N–H and O–H groups in total. The van der Waals surface area contributed by atoms with Crippen LogP contribution in [0.15, 0.2) is 12.1 Å². The van der Waals surface area contributed by atoms with Crippen molar-refractivity contribution in [3.05, 3.63) is 23.3 Å². The standard InChI is InChI=1S/C8H10O2.2Y/c1-5-3-8(10)6(2)4-7(5)9;;/h3-4,9-10H,1-2H3;;. The number of rotatable bonds is 0. The van der Waals surface area contributed by atoms with E-state index in [9.17, 15) is 0 Å². The molecule has 0 aliphatic carbocycles. The van der Waals surface area contributed by atoms with Crippen molar-refractivity contribution in [2.45, 2.75) is 13.8 Å². The molecule has 0 spiro atoms. The number of aromatic hydroxyl groups is 2. The van der Waals surface area contributed by atoms with Gasteiger partial charge in [-0.25, -0.2) is 0 Å². The minimum Gasteiger partial charge on any atom is -0.508 e. The summed E-state index contributed by atoms with van der Waals surface area (Å²) < 4.78 is 0. The topological polar surface area (TPSA) is 40.5 Å². The zero-order chi connectivity index (χ0) is 7.72. The van der Waals surface area contributed by atoms with E-state index in [4.69, 9.17) is 10.2 Å². The maximum Gasteiger partial charge on any atom is 0.119 e. The zero-order valence-corrected chi connectivity index (χ0v) is 12.9. The van der Waals surface area contributed by atoms with Gasteiger partial charge in [-0.15, -0.1) is 0 Å². The molecule has 2 nitrogen and oxygen atoms in total. The fourth-order valence-corrected chi connectivity index (χ4v) is 0.786. The Labute approximate surface area is 123 Å². The Bertz CT molecular complexity index is 211. The van der Waals surface area contributed by atoms with Crippen LogP contribution in [-0.2, 0) is 65.4 Å². The third-order valence-electron chi connectivity index (χ3n) is 1.51. The quantitative estimate of drug-likeness (QED) is 0.716. The Morgan fingerprint density at radius 2 is 1.08 bits per heavy atom. The number of aryl methyl sites for hydroxylation is 2. The molecule has 0 aliphatic heterocycles. The van der Waals surface area contributed by atoms with Crippen molar-refractivity contribution in [3.63, 3.8) is 0 Å². The molecule has 60 valence electrons. The minimum absolute atomic E-state index is 0. The van der Waals surface area contributed by atoms with Gasteiger partial charge >= 0.3 is 0 Å². The number of hydrogen-bond donors (Lipinski definition) is 2. The van der Waals surface area contributed by atoms with Crippen molar-refractivity contribution < 1.29 is 75.6 Å². The van der Waals surface area contributed by atoms with Gasteiger partial charge < -0.3 is 10.2 Å². The maximum atomic E-state index is 9.11. The first kappa shape index (κ1) is 15.5. The Balaban J connectivity index is 0. The summed E-state index contributed by atoms with van der Waals surface area (Å²) in [6.07, 6.45) is 0. The van der Waals surface area contributed by atoms with Crippen LogP contribution in [0.2, 0.25) is 0 Å². The summed E-state index contributed by atoms with van der Waals surface area (Å²) in [7, 11) is 0. The van der Waals surface area contributed by atoms with Crippen molar-refractivity contribution in [2.24, 2.45) is 0 Å². The van der Waals surface area contributed by atoms with Gasteiger partial charge in [0.15, 0.2) is 0 Å². The summed E-state index contributed by atoms with van der Waals surface area (Å²) >= 11 is 0. The van der Waals surface area contributed by atoms with Crippen molar-refractivity contribution in [2.75, 3.05) is 0 Å². The van der Waals surface area contributed by atoms with E-state index in [-0.39, 0.29) is 76.9 Å². The Morgan fingerprint density at radius 1 is 0.833 bits per heavy atom. The van der Waals surface area contributed by atoms with Crippen LogP contribution in [0.4, 0.5) is 0 Å². The number of phenols is 2. The summed E-state index contributed by atoms with van der Waals surface area (Å²) in [5.74, 6) is 0.464. The van der Waals surface area contributed by atoms with E-state index < -0.39 is 0 Å². The van der Waals surface area contributed by atoms with Crippen LogP contribution in [0, 0.1) is 13.8 Å². The second-order valence-corrected chi connectivity index (χ2v) is 2.43. The van der Waals surface area contributed by atoms with E-state index in [1.54, 1.807) is 26.0 Å². The molecular weight excluding hydrogens is 306 g/mol. The van der Waals surface area contributed by atoms with Gasteiger partial charge in [0, 0.05) is 65.4 Å². The third-order valence-corrected chi connectivity index (χ3v) is 1.51. The number of benzene rings is 1. The Hall–Kier alpha value is 1.03. The molecule has 12 heavy (non-hydrogen) atoms. The first-order valence-electron chi connectivity index (χ1n) is 3.10. The van der Waals surface area contributed by atoms with E-state index in [1.165, 1.54) is 0 Å². The van der Waals surface area contributed by atoms with Crippen LogP contribution < -0.4 is 0 Å². The van der Waals surface area contributed by atoms with Gasteiger partial charge in [-0.3, -0.25) is 0 Å². The van der Waals surface area contributed by atoms with Crippen LogP contribution >= 0.6 is 0 Å². The normalized spacial score (nSPS) is 8.17. The molecule has 4 heteroatoms. The van der Waals surface area contributed by atoms with Crippen molar-refractivity contribution >= 4 is 0 Å². The van der Waals surface area contributed by atoms with Gasteiger partial charge in [-0.2, -0.15) is 0 Å². The predicted octanol–water partition coefficient (Wildman–Crippen LogP) is 1.71. The molecule has 0 bridgehead atoms. The average Bonchev–Trinajstić information content (AvgIpc) is 1.84. The van der Waals surface area contributed by atoms with Crippen LogP contribution in [-0.4, -0.2) is 10.2 Å². The average molecular weight is 316 g/mol. The molecule has 0 amide bonds.